The van der Waals surface area contributed by atoms with Crippen LogP contribution < -0.4 is 10.6 Å². The predicted octanol–water partition coefficient (Wildman–Crippen LogP) is 0.526. The highest BCUT2D eigenvalue weighted by Gasteiger charge is 2.25. The number of nitrogens with one attached hydrogen (secondary N) is 2. The summed E-state index contributed by atoms with van der Waals surface area (Å²) in [6.45, 7) is 5.54. The molecule has 0 aromatic carbocycles. The van der Waals surface area contributed by atoms with Gasteiger partial charge in [-0.25, -0.2) is 0 Å². The number of hydrogen-bond acceptors (Lipinski definition) is 3. The molecule has 2 unspecified atom stereocenters. The monoisotopic (exact) mass is 214 g/mol. The lowest BCUT2D eigenvalue weighted by atomic mass is 10.2. The zero-order valence-corrected chi connectivity index (χ0v) is 9.88. The van der Waals surface area contributed by atoms with Crippen molar-refractivity contribution in [1.82, 2.24) is 10.6 Å². The normalized spacial score (nSPS) is 19.7. The minimum absolute atomic E-state index is 0.107. The van der Waals surface area contributed by atoms with Gasteiger partial charge in [-0.1, -0.05) is 6.92 Å². The summed E-state index contributed by atoms with van der Waals surface area (Å²) in [6, 6.07) is 0.336. The van der Waals surface area contributed by atoms with E-state index < -0.39 is 0 Å². The third-order valence-electron chi connectivity index (χ3n) is 2.54. The van der Waals surface area contributed by atoms with Crippen LogP contribution in [0.1, 0.15) is 26.7 Å². The molecule has 1 amide bonds. The Kier molecular flexibility index (Phi) is 5.05. The first-order valence-corrected chi connectivity index (χ1v) is 5.66. The van der Waals surface area contributed by atoms with Crippen LogP contribution in [0, 0.1) is 5.92 Å². The largest absolute Gasteiger partial charge is 0.384 e. The standard InChI is InChI=1S/C11H22N2O2/c1-8(7-15-3)6-12-9(2)11(14)13-10-4-5-10/h8-10,12H,4-7H2,1-3H3,(H,13,14). The average molecular weight is 214 g/mol. The van der Waals surface area contributed by atoms with Crippen LogP contribution in [0.2, 0.25) is 0 Å². The number of carbonyl (C=O) groups is 1. The van der Waals surface area contributed by atoms with Crippen molar-refractivity contribution in [2.75, 3.05) is 20.3 Å². The fourth-order valence-electron chi connectivity index (χ4n) is 1.37. The quantitative estimate of drug-likeness (QED) is 0.650. The summed E-state index contributed by atoms with van der Waals surface area (Å²) in [5, 5.41) is 6.18. The highest BCUT2D eigenvalue weighted by Crippen LogP contribution is 2.18. The molecule has 1 rings (SSSR count). The molecule has 1 saturated carbocycles. The molecule has 0 saturated heterocycles. The maximum Gasteiger partial charge on any atom is 0.237 e. The number of rotatable bonds is 7. The maximum atomic E-state index is 11.6. The predicted molar refractivity (Wildman–Crippen MR) is 59.7 cm³/mol. The summed E-state index contributed by atoms with van der Waals surface area (Å²) in [5.74, 6) is 0.549. The van der Waals surface area contributed by atoms with Crippen LogP contribution in [0.3, 0.4) is 0 Å². The topological polar surface area (TPSA) is 50.4 Å². The molecule has 4 heteroatoms. The summed E-state index contributed by atoms with van der Waals surface area (Å²) in [7, 11) is 1.69. The van der Waals surface area contributed by atoms with E-state index in [-0.39, 0.29) is 11.9 Å². The van der Waals surface area contributed by atoms with E-state index in [4.69, 9.17) is 4.74 Å². The van der Waals surface area contributed by atoms with Crippen LogP contribution in [0.15, 0.2) is 0 Å². The first-order valence-electron chi connectivity index (χ1n) is 5.66. The van der Waals surface area contributed by atoms with Crippen molar-refractivity contribution in [3.05, 3.63) is 0 Å². The van der Waals surface area contributed by atoms with Crippen LogP contribution in [0.4, 0.5) is 0 Å². The molecular weight excluding hydrogens is 192 g/mol. The molecular formula is C11H22N2O2. The molecule has 0 aromatic heterocycles. The molecule has 0 spiro atoms. The van der Waals surface area contributed by atoms with Gasteiger partial charge < -0.3 is 15.4 Å². The van der Waals surface area contributed by atoms with Gasteiger partial charge in [-0.05, 0) is 25.7 Å². The lowest BCUT2D eigenvalue weighted by molar-refractivity contribution is -0.122. The average Bonchev–Trinajstić information content (AvgIpc) is 2.98. The Balaban J connectivity index is 2.10. The van der Waals surface area contributed by atoms with Gasteiger partial charge in [0.1, 0.15) is 0 Å². The van der Waals surface area contributed by atoms with Gasteiger partial charge in [0, 0.05) is 26.3 Å². The van der Waals surface area contributed by atoms with Crippen molar-refractivity contribution in [3.63, 3.8) is 0 Å². The molecule has 2 atom stereocenters. The van der Waals surface area contributed by atoms with E-state index in [1.807, 2.05) is 6.92 Å². The maximum absolute atomic E-state index is 11.6. The molecule has 0 aromatic rings. The van der Waals surface area contributed by atoms with Crippen molar-refractivity contribution in [1.29, 1.82) is 0 Å². The van der Waals surface area contributed by atoms with Gasteiger partial charge in [0.25, 0.3) is 0 Å². The molecule has 4 nitrogen and oxygen atoms in total. The number of carbonyl (C=O) groups excluding carboxylic acids is 1. The van der Waals surface area contributed by atoms with Gasteiger partial charge in [0.05, 0.1) is 6.04 Å². The Morgan fingerprint density at radius 3 is 2.67 bits per heavy atom. The van der Waals surface area contributed by atoms with E-state index in [0.717, 1.165) is 26.0 Å². The van der Waals surface area contributed by atoms with Gasteiger partial charge in [-0.3, -0.25) is 4.79 Å². The van der Waals surface area contributed by atoms with Gasteiger partial charge in [0.15, 0.2) is 0 Å². The van der Waals surface area contributed by atoms with Crippen molar-refractivity contribution in [2.24, 2.45) is 5.92 Å². The van der Waals surface area contributed by atoms with Crippen LogP contribution in [0.25, 0.3) is 0 Å². The van der Waals surface area contributed by atoms with E-state index >= 15 is 0 Å². The Morgan fingerprint density at radius 2 is 2.13 bits per heavy atom. The fraction of sp³-hybridized carbons (Fsp3) is 0.909. The lowest BCUT2D eigenvalue weighted by Crippen LogP contribution is -2.44. The molecule has 0 radical (unpaired) electrons. The molecule has 88 valence electrons. The fourth-order valence-corrected chi connectivity index (χ4v) is 1.37. The first-order chi connectivity index (χ1) is 7.13. The van der Waals surface area contributed by atoms with Crippen LogP contribution in [-0.2, 0) is 9.53 Å². The third-order valence-corrected chi connectivity index (χ3v) is 2.54. The first kappa shape index (κ1) is 12.5. The Hall–Kier alpha value is -0.610. The minimum Gasteiger partial charge on any atom is -0.384 e. The Labute approximate surface area is 91.8 Å². The Bertz CT molecular complexity index is 205. The van der Waals surface area contributed by atoms with Gasteiger partial charge in [0.2, 0.25) is 5.91 Å². The van der Waals surface area contributed by atoms with Gasteiger partial charge in [-0.2, -0.15) is 0 Å². The molecule has 1 aliphatic rings. The second-order valence-corrected chi connectivity index (χ2v) is 4.47. The van der Waals surface area contributed by atoms with E-state index in [2.05, 4.69) is 17.6 Å². The van der Waals surface area contributed by atoms with E-state index in [1.165, 1.54) is 0 Å². The zero-order valence-electron chi connectivity index (χ0n) is 9.88. The van der Waals surface area contributed by atoms with Crippen LogP contribution in [0.5, 0.6) is 0 Å². The summed E-state index contributed by atoms with van der Waals surface area (Å²) < 4.78 is 5.03. The molecule has 1 aliphatic carbocycles. The smallest absolute Gasteiger partial charge is 0.237 e. The van der Waals surface area contributed by atoms with Crippen molar-refractivity contribution in [2.45, 2.75) is 38.8 Å². The summed E-state index contributed by atoms with van der Waals surface area (Å²) in [4.78, 5) is 11.6. The van der Waals surface area contributed by atoms with Gasteiger partial charge >= 0.3 is 0 Å². The number of ether oxygens (including phenoxy) is 1. The van der Waals surface area contributed by atoms with E-state index in [9.17, 15) is 4.79 Å². The second-order valence-electron chi connectivity index (χ2n) is 4.47. The van der Waals surface area contributed by atoms with Gasteiger partial charge in [-0.15, -0.1) is 0 Å². The Morgan fingerprint density at radius 1 is 1.47 bits per heavy atom. The highest BCUT2D eigenvalue weighted by atomic mass is 16.5. The molecule has 1 fully saturated rings. The second kappa shape index (κ2) is 6.08. The molecule has 0 heterocycles. The number of hydrogen-bond donors (Lipinski definition) is 2. The van der Waals surface area contributed by atoms with E-state index in [1.54, 1.807) is 7.11 Å². The summed E-state index contributed by atoms with van der Waals surface area (Å²) >= 11 is 0. The molecule has 0 bridgehead atoms. The summed E-state index contributed by atoms with van der Waals surface area (Å²) in [5.41, 5.74) is 0. The van der Waals surface area contributed by atoms with E-state index in [0.29, 0.717) is 12.0 Å². The van der Waals surface area contributed by atoms with Crippen molar-refractivity contribution < 1.29 is 9.53 Å². The highest BCUT2D eigenvalue weighted by molar-refractivity contribution is 5.81. The van der Waals surface area contributed by atoms with Crippen molar-refractivity contribution in [3.8, 4) is 0 Å². The zero-order chi connectivity index (χ0) is 11.3. The van der Waals surface area contributed by atoms with Crippen molar-refractivity contribution >= 4 is 5.91 Å². The molecule has 15 heavy (non-hydrogen) atoms. The number of amides is 1. The van der Waals surface area contributed by atoms with Crippen LogP contribution in [-0.4, -0.2) is 38.3 Å². The lowest BCUT2D eigenvalue weighted by Gasteiger charge is -2.16. The summed E-state index contributed by atoms with van der Waals surface area (Å²) in [6.07, 6.45) is 2.27. The SMILES string of the molecule is COCC(C)CNC(C)C(=O)NC1CC1. The number of methoxy groups -OCH3 is 1. The van der Waals surface area contributed by atoms with Crippen LogP contribution >= 0.6 is 0 Å². The third kappa shape index (κ3) is 5.14. The minimum atomic E-state index is -0.107. The molecule has 0 aliphatic heterocycles. The molecule has 2 N–H and O–H groups in total.